The number of carbonyl (C=O) groups is 4. The number of alkyl carbamates (subject to hydrolysis) is 2. The minimum Gasteiger partial charge on any atom is -0.457 e. The molecule has 8 rings (SSSR count). The van der Waals surface area contributed by atoms with Crippen LogP contribution in [0.3, 0.4) is 0 Å². The van der Waals surface area contributed by atoms with Crippen LogP contribution in [0.4, 0.5) is 9.59 Å². The molecule has 2 aromatic heterocycles. The van der Waals surface area contributed by atoms with Gasteiger partial charge in [0.15, 0.2) is 6.10 Å². The molecule has 0 radical (unpaired) electrons. The Morgan fingerprint density at radius 2 is 1.44 bits per heavy atom. The number of benzene rings is 3. The predicted molar refractivity (Wildman–Crippen MR) is 233 cm³/mol. The monoisotopic (exact) mass is 844 g/mol. The van der Waals surface area contributed by atoms with Gasteiger partial charge in [0.2, 0.25) is 5.91 Å². The first-order valence-corrected chi connectivity index (χ1v) is 21.7. The second-order valence-corrected chi connectivity index (χ2v) is 17.1. The number of ether oxygens (including phenoxy) is 3. The normalized spacial score (nSPS) is 19.2. The summed E-state index contributed by atoms with van der Waals surface area (Å²) >= 11 is 0. The molecule has 1 unspecified atom stereocenters. The highest BCUT2D eigenvalue weighted by Gasteiger charge is 2.40. The van der Waals surface area contributed by atoms with Gasteiger partial charge in [0.05, 0.1) is 43.0 Å². The van der Waals surface area contributed by atoms with E-state index in [9.17, 15) is 19.2 Å². The molecule has 3 aliphatic heterocycles. The van der Waals surface area contributed by atoms with E-state index in [0.29, 0.717) is 18.9 Å². The van der Waals surface area contributed by atoms with Gasteiger partial charge in [0, 0.05) is 48.3 Å². The molecule has 0 spiro atoms. The minimum atomic E-state index is -0.891. The summed E-state index contributed by atoms with van der Waals surface area (Å²) in [5.74, 6) is 2.47. The third-order valence-corrected chi connectivity index (χ3v) is 12.6. The first-order chi connectivity index (χ1) is 29.9. The lowest BCUT2D eigenvalue weighted by atomic mass is 9.82. The van der Waals surface area contributed by atoms with Crippen LogP contribution in [-0.4, -0.2) is 93.1 Å². The van der Waals surface area contributed by atoms with Gasteiger partial charge in [-0.2, -0.15) is 0 Å². The van der Waals surface area contributed by atoms with Gasteiger partial charge in [-0.3, -0.25) is 9.59 Å². The van der Waals surface area contributed by atoms with Gasteiger partial charge in [-0.1, -0.05) is 65.0 Å². The van der Waals surface area contributed by atoms with E-state index in [1.165, 1.54) is 14.2 Å². The van der Waals surface area contributed by atoms with Crippen LogP contribution in [0.5, 0.6) is 11.5 Å². The van der Waals surface area contributed by atoms with E-state index in [1.807, 2.05) is 44.9 Å². The van der Waals surface area contributed by atoms with Crippen LogP contribution in [0, 0.1) is 11.8 Å². The highest BCUT2D eigenvalue weighted by atomic mass is 16.6. The van der Waals surface area contributed by atoms with Gasteiger partial charge < -0.3 is 44.6 Å². The average Bonchev–Trinajstić information content (AvgIpc) is 4.12. The SMILES string of the molecule is CCC1c2ccc(-c3cnc([C@@H]4CCCN4C(=O)[C@@H](OC(=O)NC)C(C)C)[nH]3)cc2Oc2ccc3cc(-c4cnc([C@@H]5CCCN5C(=O)[C@@H](NC(=O)OC)C(C)C)[nH]4)ccc3c21. The van der Waals surface area contributed by atoms with Crippen molar-refractivity contribution < 1.29 is 33.4 Å². The van der Waals surface area contributed by atoms with Gasteiger partial charge in [0.1, 0.15) is 29.2 Å². The Kier molecular flexibility index (Phi) is 12.0. The number of rotatable bonds is 11. The fraction of sp³-hybridized carbons (Fsp3) is 0.447. The van der Waals surface area contributed by atoms with Gasteiger partial charge in [-0.15, -0.1) is 0 Å². The Morgan fingerprint density at radius 3 is 2.03 bits per heavy atom. The highest BCUT2D eigenvalue weighted by molar-refractivity contribution is 5.93. The van der Waals surface area contributed by atoms with Crippen LogP contribution in [0.15, 0.2) is 60.9 Å². The number of fused-ring (bicyclic) bond motifs is 4. The number of methoxy groups -OCH3 is 1. The van der Waals surface area contributed by atoms with E-state index in [-0.39, 0.29) is 41.7 Å². The summed E-state index contributed by atoms with van der Waals surface area (Å²) in [5.41, 5.74) is 5.84. The molecule has 15 nitrogen and oxygen atoms in total. The zero-order chi connectivity index (χ0) is 43.8. The molecule has 3 aliphatic rings. The molecule has 0 saturated carbocycles. The van der Waals surface area contributed by atoms with E-state index in [2.05, 4.69) is 70.0 Å². The van der Waals surface area contributed by atoms with E-state index < -0.39 is 24.3 Å². The summed E-state index contributed by atoms with van der Waals surface area (Å²) in [6.45, 7) is 10.9. The molecular formula is C47H56N8O7. The first kappa shape index (κ1) is 42.3. The van der Waals surface area contributed by atoms with Crippen LogP contribution in [0.2, 0.25) is 0 Å². The van der Waals surface area contributed by atoms with Crippen molar-refractivity contribution in [2.24, 2.45) is 11.8 Å². The predicted octanol–water partition coefficient (Wildman–Crippen LogP) is 8.36. The highest BCUT2D eigenvalue weighted by Crippen LogP contribution is 2.50. The van der Waals surface area contributed by atoms with Crippen molar-refractivity contribution in [2.75, 3.05) is 27.2 Å². The van der Waals surface area contributed by atoms with E-state index in [0.717, 1.165) is 93.8 Å². The second-order valence-electron chi connectivity index (χ2n) is 17.1. The number of amides is 4. The summed E-state index contributed by atoms with van der Waals surface area (Å²) < 4.78 is 16.9. The number of nitrogens with zero attached hydrogens (tertiary/aromatic N) is 4. The number of nitrogens with one attached hydrogen (secondary N) is 4. The van der Waals surface area contributed by atoms with Crippen LogP contribution < -0.4 is 15.4 Å². The lowest BCUT2D eigenvalue weighted by Crippen LogP contribution is -2.51. The standard InChI is InChI=1S/C47H56N8O7/c1-8-30-32-17-14-29(34-24-50-43(52-34)36-12-10-20-55(36)45(57)41(26(4)5)62-46(58)48-6)22-38(32)61-37-18-15-27-21-28(13-16-31(27)39(30)37)33-23-49-42(51-33)35-11-9-19-54(35)44(56)40(25(2)3)53-47(59)60-7/h13-18,21-26,30,35-36,40-41H,8-12,19-20H2,1-7H3,(H,48,58)(H,49,51)(H,50,52)(H,53,59)/t30?,35-,36-,40-,41-/m0/s1. The summed E-state index contributed by atoms with van der Waals surface area (Å²) in [6.07, 6.45) is 5.54. The number of hydrogen-bond donors (Lipinski definition) is 4. The van der Waals surface area contributed by atoms with E-state index in [1.54, 1.807) is 11.1 Å². The van der Waals surface area contributed by atoms with Crippen molar-refractivity contribution >= 4 is 34.8 Å². The maximum absolute atomic E-state index is 13.7. The van der Waals surface area contributed by atoms with Crippen molar-refractivity contribution in [2.45, 2.75) is 96.9 Å². The molecule has 5 aromatic rings. The Labute approximate surface area is 361 Å². The topological polar surface area (TPSA) is 184 Å². The number of imidazole rings is 2. The van der Waals surface area contributed by atoms with Crippen molar-refractivity contribution in [3.63, 3.8) is 0 Å². The summed E-state index contributed by atoms with van der Waals surface area (Å²) in [4.78, 5) is 71.5. The first-order valence-electron chi connectivity index (χ1n) is 21.7. The molecule has 4 amide bonds. The fourth-order valence-electron chi connectivity index (χ4n) is 9.35. The van der Waals surface area contributed by atoms with Crippen molar-refractivity contribution in [3.05, 3.63) is 83.7 Å². The second kappa shape index (κ2) is 17.5. The van der Waals surface area contributed by atoms with E-state index >= 15 is 0 Å². The molecule has 62 heavy (non-hydrogen) atoms. The van der Waals surface area contributed by atoms with Crippen molar-refractivity contribution in [3.8, 4) is 34.0 Å². The van der Waals surface area contributed by atoms with Crippen LogP contribution in [-0.2, 0) is 19.1 Å². The van der Waals surface area contributed by atoms with Crippen LogP contribution >= 0.6 is 0 Å². The van der Waals surface area contributed by atoms with Crippen molar-refractivity contribution in [1.82, 2.24) is 40.4 Å². The minimum absolute atomic E-state index is 0.103. The molecule has 5 heterocycles. The van der Waals surface area contributed by atoms with E-state index in [4.69, 9.17) is 24.2 Å². The molecular weight excluding hydrogens is 789 g/mol. The Morgan fingerprint density at radius 1 is 0.806 bits per heavy atom. The smallest absolute Gasteiger partial charge is 0.407 e. The molecule has 0 bridgehead atoms. The van der Waals surface area contributed by atoms with Gasteiger partial charge >= 0.3 is 12.2 Å². The molecule has 2 fully saturated rings. The third-order valence-electron chi connectivity index (χ3n) is 12.6. The largest absolute Gasteiger partial charge is 0.457 e. The average molecular weight is 845 g/mol. The Balaban J connectivity index is 1.00. The lowest BCUT2D eigenvalue weighted by molar-refractivity contribution is -0.143. The maximum atomic E-state index is 13.7. The quantitative estimate of drug-likeness (QED) is 0.101. The summed E-state index contributed by atoms with van der Waals surface area (Å²) in [6, 6.07) is 15.7. The molecule has 4 N–H and O–H groups in total. The summed E-state index contributed by atoms with van der Waals surface area (Å²) in [7, 11) is 2.77. The van der Waals surface area contributed by atoms with Gasteiger partial charge in [-0.25, -0.2) is 19.6 Å². The van der Waals surface area contributed by atoms with Gasteiger partial charge in [-0.05, 0) is 72.9 Å². The molecule has 3 aromatic carbocycles. The molecule has 326 valence electrons. The molecule has 0 aliphatic carbocycles. The van der Waals surface area contributed by atoms with Crippen LogP contribution in [0.25, 0.3) is 33.3 Å². The third kappa shape index (κ3) is 7.95. The zero-order valence-electron chi connectivity index (χ0n) is 36.4. The number of aromatic nitrogens is 4. The fourth-order valence-corrected chi connectivity index (χ4v) is 9.35. The number of H-pyrrole nitrogens is 2. The zero-order valence-corrected chi connectivity index (χ0v) is 36.4. The number of carbonyl (C=O) groups excluding carboxylic acids is 4. The number of hydrogen-bond acceptors (Lipinski definition) is 9. The molecule has 2 saturated heterocycles. The lowest BCUT2D eigenvalue weighted by Gasteiger charge is -2.30. The van der Waals surface area contributed by atoms with Crippen molar-refractivity contribution in [1.29, 1.82) is 0 Å². The molecule has 5 atom stereocenters. The molecule has 15 heteroatoms. The Bertz CT molecular complexity index is 2490. The van der Waals surface area contributed by atoms with Gasteiger partial charge in [0.25, 0.3) is 5.91 Å². The maximum Gasteiger partial charge on any atom is 0.407 e. The summed E-state index contributed by atoms with van der Waals surface area (Å²) in [5, 5.41) is 7.36. The Hall–Kier alpha value is -6.38. The van der Waals surface area contributed by atoms with Crippen LogP contribution in [0.1, 0.15) is 108 Å². The number of likely N-dealkylation sites (tertiary alicyclic amines) is 2. The number of aromatic amines is 2.